The molecule has 0 aromatic carbocycles. The standard InChI is InChI=1S/C14H21N3O2S/c1-14(2,3)13-16-9(8-20-13)7-15-10-5-6-11(18)17(4)12(10)19/h8,10,15H,5-7H2,1-4H3. The highest BCUT2D eigenvalue weighted by Crippen LogP contribution is 2.25. The Hall–Kier alpha value is -1.27. The zero-order valence-electron chi connectivity index (χ0n) is 12.4. The minimum Gasteiger partial charge on any atom is -0.300 e. The Bertz CT molecular complexity index is 519. The fourth-order valence-electron chi connectivity index (χ4n) is 2.07. The lowest BCUT2D eigenvalue weighted by Gasteiger charge is -2.28. The van der Waals surface area contributed by atoms with Gasteiger partial charge in [0.15, 0.2) is 0 Å². The summed E-state index contributed by atoms with van der Waals surface area (Å²) in [6.45, 7) is 6.96. The number of nitrogens with zero attached hydrogens (tertiary/aromatic N) is 2. The third-order valence-electron chi connectivity index (χ3n) is 3.37. The van der Waals surface area contributed by atoms with Crippen LogP contribution in [0.4, 0.5) is 0 Å². The summed E-state index contributed by atoms with van der Waals surface area (Å²) in [6, 6.07) is -0.280. The van der Waals surface area contributed by atoms with Gasteiger partial charge in [0.05, 0.1) is 16.7 Å². The van der Waals surface area contributed by atoms with Crippen molar-refractivity contribution in [1.29, 1.82) is 0 Å². The van der Waals surface area contributed by atoms with Gasteiger partial charge in [-0.15, -0.1) is 11.3 Å². The molecular weight excluding hydrogens is 274 g/mol. The number of rotatable bonds is 3. The second-order valence-electron chi connectivity index (χ2n) is 6.16. The quantitative estimate of drug-likeness (QED) is 0.862. The Balaban J connectivity index is 1.94. The van der Waals surface area contributed by atoms with Crippen molar-refractivity contribution < 1.29 is 9.59 Å². The molecule has 0 saturated carbocycles. The molecule has 110 valence electrons. The highest BCUT2D eigenvalue weighted by molar-refractivity contribution is 7.09. The molecular formula is C14H21N3O2S. The summed E-state index contributed by atoms with van der Waals surface area (Å²) in [4.78, 5) is 29.2. The Morgan fingerprint density at radius 3 is 2.75 bits per heavy atom. The first-order valence-corrected chi connectivity index (χ1v) is 7.65. The van der Waals surface area contributed by atoms with E-state index in [1.807, 2.05) is 5.38 Å². The monoisotopic (exact) mass is 295 g/mol. The van der Waals surface area contributed by atoms with E-state index in [2.05, 4.69) is 31.1 Å². The van der Waals surface area contributed by atoms with Crippen LogP contribution in [0.5, 0.6) is 0 Å². The van der Waals surface area contributed by atoms with Crippen LogP contribution in [0.15, 0.2) is 5.38 Å². The number of carbonyl (C=O) groups is 2. The van der Waals surface area contributed by atoms with E-state index in [1.165, 1.54) is 4.90 Å². The summed E-state index contributed by atoms with van der Waals surface area (Å²) in [5, 5.41) is 6.32. The maximum absolute atomic E-state index is 11.9. The van der Waals surface area contributed by atoms with Crippen LogP contribution in [0.2, 0.25) is 0 Å². The zero-order valence-corrected chi connectivity index (χ0v) is 13.2. The number of aromatic nitrogens is 1. The summed E-state index contributed by atoms with van der Waals surface area (Å²) < 4.78 is 0. The molecule has 1 aliphatic heterocycles. The molecule has 0 spiro atoms. The summed E-state index contributed by atoms with van der Waals surface area (Å²) in [6.07, 6.45) is 0.989. The van der Waals surface area contributed by atoms with Crippen molar-refractivity contribution in [3.8, 4) is 0 Å². The third-order valence-corrected chi connectivity index (χ3v) is 4.69. The maximum atomic E-state index is 11.9. The molecule has 20 heavy (non-hydrogen) atoms. The fourth-order valence-corrected chi connectivity index (χ4v) is 2.97. The van der Waals surface area contributed by atoms with E-state index >= 15 is 0 Å². The van der Waals surface area contributed by atoms with Gasteiger partial charge in [0, 0.05) is 30.8 Å². The van der Waals surface area contributed by atoms with Gasteiger partial charge < -0.3 is 5.32 Å². The number of likely N-dealkylation sites (tertiary alicyclic amines) is 1. The SMILES string of the molecule is CN1C(=O)CCC(NCc2csc(C(C)(C)C)n2)C1=O. The zero-order chi connectivity index (χ0) is 14.9. The molecule has 5 nitrogen and oxygen atoms in total. The van der Waals surface area contributed by atoms with Crippen LogP contribution < -0.4 is 5.32 Å². The first kappa shape index (κ1) is 15.1. The number of imide groups is 1. The molecule has 1 aliphatic rings. The molecule has 1 aromatic heterocycles. The van der Waals surface area contributed by atoms with Gasteiger partial charge in [-0.1, -0.05) is 20.8 Å². The van der Waals surface area contributed by atoms with Gasteiger partial charge in [-0.05, 0) is 6.42 Å². The number of hydrogen-bond donors (Lipinski definition) is 1. The van der Waals surface area contributed by atoms with E-state index in [4.69, 9.17) is 0 Å². The average molecular weight is 295 g/mol. The van der Waals surface area contributed by atoms with E-state index < -0.39 is 0 Å². The second-order valence-corrected chi connectivity index (χ2v) is 7.02. The van der Waals surface area contributed by atoms with E-state index in [9.17, 15) is 9.59 Å². The van der Waals surface area contributed by atoms with Crippen molar-refractivity contribution in [2.24, 2.45) is 0 Å². The highest BCUT2D eigenvalue weighted by atomic mass is 32.1. The third kappa shape index (κ3) is 3.24. The number of likely N-dealkylation sites (N-methyl/N-ethyl adjacent to an activating group) is 1. The van der Waals surface area contributed by atoms with Crippen molar-refractivity contribution in [1.82, 2.24) is 15.2 Å². The number of thiazole rings is 1. The van der Waals surface area contributed by atoms with Crippen LogP contribution in [0.1, 0.15) is 44.3 Å². The summed E-state index contributed by atoms with van der Waals surface area (Å²) in [5.74, 6) is -0.246. The predicted molar refractivity (Wildman–Crippen MR) is 78.5 cm³/mol. The minimum atomic E-state index is -0.280. The minimum absolute atomic E-state index is 0.0518. The van der Waals surface area contributed by atoms with Gasteiger partial charge in [0.1, 0.15) is 0 Å². The maximum Gasteiger partial charge on any atom is 0.246 e. The number of carbonyl (C=O) groups excluding carboxylic acids is 2. The number of amides is 2. The predicted octanol–water partition coefficient (Wildman–Crippen LogP) is 1.68. The molecule has 2 heterocycles. The van der Waals surface area contributed by atoms with Gasteiger partial charge in [-0.25, -0.2) is 4.98 Å². The fraction of sp³-hybridized carbons (Fsp3) is 0.643. The lowest BCUT2D eigenvalue weighted by molar-refractivity contribution is -0.148. The number of hydrogen-bond acceptors (Lipinski definition) is 5. The van der Waals surface area contributed by atoms with Crippen LogP contribution >= 0.6 is 11.3 Å². The van der Waals surface area contributed by atoms with E-state index in [1.54, 1.807) is 18.4 Å². The van der Waals surface area contributed by atoms with Crippen molar-refractivity contribution in [3.05, 3.63) is 16.1 Å². The normalized spacial score (nSPS) is 20.6. The Kier molecular flexibility index (Phi) is 4.25. The topological polar surface area (TPSA) is 62.3 Å². The van der Waals surface area contributed by atoms with Gasteiger partial charge in [-0.2, -0.15) is 0 Å². The summed E-state index contributed by atoms with van der Waals surface area (Å²) >= 11 is 1.64. The number of nitrogens with one attached hydrogen (secondary N) is 1. The highest BCUT2D eigenvalue weighted by Gasteiger charge is 2.31. The van der Waals surface area contributed by atoms with Gasteiger partial charge >= 0.3 is 0 Å². The Morgan fingerprint density at radius 2 is 2.15 bits per heavy atom. The van der Waals surface area contributed by atoms with Gasteiger partial charge in [0.2, 0.25) is 11.8 Å². The van der Waals surface area contributed by atoms with Gasteiger partial charge in [0.25, 0.3) is 0 Å². The second kappa shape index (κ2) is 5.61. The molecule has 0 bridgehead atoms. The van der Waals surface area contributed by atoms with Crippen molar-refractivity contribution >= 4 is 23.2 Å². The van der Waals surface area contributed by atoms with E-state index in [-0.39, 0.29) is 23.3 Å². The van der Waals surface area contributed by atoms with E-state index in [0.717, 1.165) is 10.7 Å². The van der Waals surface area contributed by atoms with Crippen LogP contribution in [0.3, 0.4) is 0 Å². The molecule has 1 N–H and O–H groups in total. The van der Waals surface area contributed by atoms with Crippen molar-refractivity contribution in [3.63, 3.8) is 0 Å². The molecule has 1 aromatic rings. The van der Waals surface area contributed by atoms with Crippen LogP contribution in [-0.4, -0.2) is 34.8 Å². The molecule has 1 fully saturated rings. The van der Waals surface area contributed by atoms with Crippen LogP contribution in [0.25, 0.3) is 0 Å². The van der Waals surface area contributed by atoms with Gasteiger partial charge in [-0.3, -0.25) is 14.5 Å². The molecule has 6 heteroatoms. The van der Waals surface area contributed by atoms with E-state index in [0.29, 0.717) is 19.4 Å². The molecule has 0 aliphatic carbocycles. The molecule has 2 rings (SSSR count). The lowest BCUT2D eigenvalue weighted by atomic mass is 9.98. The Labute approximate surface area is 123 Å². The molecule has 1 unspecified atom stereocenters. The van der Waals surface area contributed by atoms with Crippen LogP contribution in [-0.2, 0) is 21.5 Å². The summed E-state index contributed by atoms with van der Waals surface area (Å²) in [7, 11) is 1.54. The average Bonchev–Trinajstić information content (AvgIpc) is 2.84. The van der Waals surface area contributed by atoms with Crippen molar-refractivity contribution in [2.75, 3.05) is 7.05 Å². The number of piperidine rings is 1. The molecule has 1 atom stereocenters. The first-order valence-electron chi connectivity index (χ1n) is 6.77. The lowest BCUT2D eigenvalue weighted by Crippen LogP contribution is -2.51. The summed E-state index contributed by atoms with van der Waals surface area (Å²) in [5.41, 5.74) is 1.00. The van der Waals surface area contributed by atoms with Crippen LogP contribution in [0, 0.1) is 0 Å². The van der Waals surface area contributed by atoms with Crippen molar-refractivity contribution in [2.45, 2.75) is 51.6 Å². The molecule has 1 saturated heterocycles. The first-order chi connectivity index (χ1) is 9.29. The molecule has 0 radical (unpaired) electrons. The largest absolute Gasteiger partial charge is 0.300 e. The molecule has 2 amide bonds. The smallest absolute Gasteiger partial charge is 0.246 e. The Morgan fingerprint density at radius 1 is 1.45 bits per heavy atom.